The van der Waals surface area contributed by atoms with Crippen LogP contribution in [0.3, 0.4) is 0 Å². The number of ether oxygens (including phenoxy) is 1. The van der Waals surface area contributed by atoms with Gasteiger partial charge in [0, 0.05) is 25.7 Å². The molecular weight excluding hydrogens is 382 g/mol. The summed E-state index contributed by atoms with van der Waals surface area (Å²) in [6, 6.07) is 27.3. The molecular formula is C27H31N3O. The summed E-state index contributed by atoms with van der Waals surface area (Å²) >= 11 is 0. The quantitative estimate of drug-likeness (QED) is 0.365. The van der Waals surface area contributed by atoms with Crippen molar-refractivity contribution < 1.29 is 4.74 Å². The van der Waals surface area contributed by atoms with E-state index in [0.29, 0.717) is 6.04 Å². The SMILES string of the molecule is CC.c1ccc(Oc2cccc(CN3CCC(n4cnc5ccccc54)CC3)c2)cc1. The van der Waals surface area contributed by atoms with Gasteiger partial charge in [0.25, 0.3) is 0 Å². The average molecular weight is 414 g/mol. The number of rotatable bonds is 5. The summed E-state index contributed by atoms with van der Waals surface area (Å²) in [5.74, 6) is 1.77. The van der Waals surface area contributed by atoms with Crippen molar-refractivity contribution >= 4 is 11.0 Å². The highest BCUT2D eigenvalue weighted by atomic mass is 16.5. The monoisotopic (exact) mass is 413 g/mol. The molecule has 31 heavy (non-hydrogen) atoms. The Kier molecular flexibility index (Phi) is 7.00. The van der Waals surface area contributed by atoms with E-state index in [1.807, 2.05) is 56.6 Å². The average Bonchev–Trinajstić information content (AvgIpc) is 3.26. The molecule has 1 fully saturated rings. The molecule has 4 nitrogen and oxygen atoms in total. The standard InChI is InChI=1S/C25H25N3O.C2H6/c1-2-8-22(9-3-1)29-23-10-6-7-20(17-23)18-27-15-13-21(14-16-27)28-19-26-24-11-4-5-12-25(24)28;1-2/h1-12,17,19,21H,13-16,18H2;1-2H3. The highest BCUT2D eigenvalue weighted by molar-refractivity contribution is 5.75. The number of imidazole rings is 1. The van der Waals surface area contributed by atoms with E-state index in [-0.39, 0.29) is 0 Å². The second-order valence-electron chi connectivity index (χ2n) is 7.71. The first-order valence-corrected chi connectivity index (χ1v) is 11.3. The van der Waals surface area contributed by atoms with E-state index in [2.05, 4.69) is 56.9 Å². The molecule has 5 rings (SSSR count). The van der Waals surface area contributed by atoms with Crippen LogP contribution < -0.4 is 4.74 Å². The van der Waals surface area contributed by atoms with Gasteiger partial charge in [-0.15, -0.1) is 0 Å². The summed E-state index contributed by atoms with van der Waals surface area (Å²) in [6.07, 6.45) is 4.32. The number of fused-ring (bicyclic) bond motifs is 1. The number of hydrogen-bond donors (Lipinski definition) is 0. The van der Waals surface area contributed by atoms with Crippen LogP contribution >= 0.6 is 0 Å². The summed E-state index contributed by atoms with van der Waals surface area (Å²) in [5, 5.41) is 0. The molecule has 4 aromatic rings. The molecule has 0 radical (unpaired) electrons. The Morgan fingerprint density at radius 2 is 1.55 bits per heavy atom. The first kappa shape index (κ1) is 21.1. The molecule has 4 heteroatoms. The Morgan fingerprint density at radius 3 is 2.35 bits per heavy atom. The van der Waals surface area contributed by atoms with Gasteiger partial charge in [-0.1, -0.05) is 56.3 Å². The number of likely N-dealkylation sites (tertiary alicyclic amines) is 1. The Bertz CT molecular complexity index is 1080. The van der Waals surface area contributed by atoms with Crippen molar-refractivity contribution in [2.75, 3.05) is 13.1 Å². The van der Waals surface area contributed by atoms with Crippen molar-refractivity contribution in [3.63, 3.8) is 0 Å². The van der Waals surface area contributed by atoms with Crippen LogP contribution in [0.15, 0.2) is 85.2 Å². The predicted molar refractivity (Wildman–Crippen MR) is 128 cm³/mol. The molecule has 0 saturated carbocycles. The molecule has 160 valence electrons. The number of para-hydroxylation sites is 3. The van der Waals surface area contributed by atoms with Crippen molar-refractivity contribution in [3.05, 3.63) is 90.8 Å². The number of benzene rings is 3. The van der Waals surface area contributed by atoms with Crippen LogP contribution in [0.5, 0.6) is 11.5 Å². The molecule has 0 spiro atoms. The minimum atomic E-state index is 0.534. The highest BCUT2D eigenvalue weighted by Gasteiger charge is 2.21. The fourth-order valence-electron chi connectivity index (χ4n) is 4.22. The number of piperidine rings is 1. The van der Waals surface area contributed by atoms with Gasteiger partial charge < -0.3 is 9.30 Å². The predicted octanol–water partition coefficient (Wildman–Crippen LogP) is 6.69. The molecule has 0 unspecified atom stereocenters. The molecule has 0 amide bonds. The molecule has 0 bridgehead atoms. The summed E-state index contributed by atoms with van der Waals surface area (Å²) in [7, 11) is 0. The van der Waals surface area contributed by atoms with Gasteiger partial charge in [0.1, 0.15) is 11.5 Å². The van der Waals surface area contributed by atoms with Crippen LogP contribution in [-0.2, 0) is 6.54 Å². The van der Waals surface area contributed by atoms with Crippen LogP contribution in [-0.4, -0.2) is 27.5 Å². The van der Waals surface area contributed by atoms with Gasteiger partial charge in [0.2, 0.25) is 0 Å². The van der Waals surface area contributed by atoms with E-state index in [0.717, 1.165) is 49.5 Å². The highest BCUT2D eigenvalue weighted by Crippen LogP contribution is 2.28. The van der Waals surface area contributed by atoms with E-state index in [4.69, 9.17) is 4.74 Å². The normalized spacial score (nSPS) is 14.8. The third kappa shape index (κ3) is 5.15. The van der Waals surface area contributed by atoms with Crippen molar-refractivity contribution in [3.8, 4) is 11.5 Å². The summed E-state index contributed by atoms with van der Waals surface area (Å²) < 4.78 is 8.35. The molecule has 1 aliphatic rings. The smallest absolute Gasteiger partial charge is 0.127 e. The van der Waals surface area contributed by atoms with Gasteiger partial charge in [0.15, 0.2) is 0 Å². The van der Waals surface area contributed by atoms with Gasteiger partial charge >= 0.3 is 0 Å². The Balaban J connectivity index is 0.00000112. The third-order valence-electron chi connectivity index (χ3n) is 5.72. The van der Waals surface area contributed by atoms with Crippen molar-refractivity contribution in [1.82, 2.24) is 14.5 Å². The van der Waals surface area contributed by atoms with E-state index < -0.39 is 0 Å². The maximum atomic E-state index is 5.99. The molecule has 1 saturated heterocycles. The van der Waals surface area contributed by atoms with Crippen molar-refractivity contribution in [1.29, 1.82) is 0 Å². The number of hydrogen-bond acceptors (Lipinski definition) is 3. The van der Waals surface area contributed by atoms with Gasteiger partial charge in [-0.3, -0.25) is 4.90 Å². The molecule has 2 heterocycles. The first-order valence-electron chi connectivity index (χ1n) is 11.3. The largest absolute Gasteiger partial charge is 0.457 e. The fraction of sp³-hybridized carbons (Fsp3) is 0.296. The Labute approximate surface area is 185 Å². The lowest BCUT2D eigenvalue weighted by atomic mass is 10.0. The first-order chi connectivity index (χ1) is 15.3. The van der Waals surface area contributed by atoms with E-state index >= 15 is 0 Å². The molecule has 1 aromatic heterocycles. The van der Waals surface area contributed by atoms with E-state index in [9.17, 15) is 0 Å². The lowest BCUT2D eigenvalue weighted by molar-refractivity contribution is 0.181. The summed E-state index contributed by atoms with van der Waals surface area (Å²) in [4.78, 5) is 7.10. The van der Waals surface area contributed by atoms with Crippen LogP contribution in [0.2, 0.25) is 0 Å². The van der Waals surface area contributed by atoms with Gasteiger partial charge in [0.05, 0.1) is 17.4 Å². The minimum absolute atomic E-state index is 0.534. The van der Waals surface area contributed by atoms with Gasteiger partial charge in [-0.05, 0) is 54.8 Å². The summed E-state index contributed by atoms with van der Waals surface area (Å²) in [6.45, 7) is 7.16. The van der Waals surface area contributed by atoms with Crippen LogP contribution in [0.4, 0.5) is 0 Å². The molecule has 3 aromatic carbocycles. The van der Waals surface area contributed by atoms with Crippen molar-refractivity contribution in [2.24, 2.45) is 0 Å². The zero-order valence-electron chi connectivity index (χ0n) is 18.4. The third-order valence-corrected chi connectivity index (χ3v) is 5.72. The zero-order valence-corrected chi connectivity index (χ0v) is 18.4. The second-order valence-corrected chi connectivity index (χ2v) is 7.71. The van der Waals surface area contributed by atoms with Crippen molar-refractivity contribution in [2.45, 2.75) is 39.3 Å². The minimum Gasteiger partial charge on any atom is -0.457 e. The molecule has 0 N–H and O–H groups in total. The lowest BCUT2D eigenvalue weighted by Crippen LogP contribution is -2.34. The van der Waals surface area contributed by atoms with E-state index in [1.54, 1.807) is 0 Å². The Morgan fingerprint density at radius 1 is 0.839 bits per heavy atom. The molecule has 0 atom stereocenters. The van der Waals surface area contributed by atoms with Crippen LogP contribution in [0.25, 0.3) is 11.0 Å². The fourth-order valence-corrected chi connectivity index (χ4v) is 4.22. The lowest BCUT2D eigenvalue weighted by Gasteiger charge is -2.33. The van der Waals surface area contributed by atoms with Gasteiger partial charge in [-0.25, -0.2) is 4.98 Å². The second kappa shape index (κ2) is 10.3. The number of nitrogens with zero attached hydrogens (tertiary/aromatic N) is 3. The van der Waals surface area contributed by atoms with Crippen LogP contribution in [0.1, 0.15) is 38.3 Å². The van der Waals surface area contributed by atoms with Crippen LogP contribution in [0, 0.1) is 0 Å². The Hall–Kier alpha value is -3.11. The molecule has 0 aliphatic carbocycles. The summed E-state index contributed by atoms with van der Waals surface area (Å²) in [5.41, 5.74) is 3.63. The number of aromatic nitrogens is 2. The topological polar surface area (TPSA) is 30.3 Å². The maximum absolute atomic E-state index is 5.99. The zero-order chi connectivity index (χ0) is 21.5. The maximum Gasteiger partial charge on any atom is 0.127 e. The molecule has 1 aliphatic heterocycles. The van der Waals surface area contributed by atoms with Gasteiger partial charge in [-0.2, -0.15) is 0 Å². The van der Waals surface area contributed by atoms with E-state index in [1.165, 1.54) is 11.1 Å².